The molecule has 1 radical (unpaired) electrons. The summed E-state index contributed by atoms with van der Waals surface area (Å²) in [6.45, 7) is 7.54. The molecule has 1 atom stereocenters. The second-order valence-electron chi connectivity index (χ2n) is 2.02. The topological polar surface area (TPSA) is 48.8 Å². The van der Waals surface area contributed by atoms with Crippen LogP contribution in [-0.2, 0) is 0 Å². The van der Waals surface area contributed by atoms with Crippen molar-refractivity contribution in [2.75, 3.05) is 0 Å². The molecule has 0 N–H and O–H groups in total. The Hall–Kier alpha value is -0.690. The lowest BCUT2D eigenvalue weighted by atomic mass is 10.1. The van der Waals surface area contributed by atoms with Gasteiger partial charge in [0.2, 0.25) is 0 Å². The second kappa shape index (κ2) is 3.33. The van der Waals surface area contributed by atoms with Crippen LogP contribution in [0.25, 0.3) is 10.4 Å². The van der Waals surface area contributed by atoms with Gasteiger partial charge in [-0.15, -0.1) is 0 Å². The monoisotopic (exact) mass is 112 g/mol. The molecular formula is C5H10N3. The summed E-state index contributed by atoms with van der Waals surface area (Å²) in [4.78, 5) is 2.62. The molecule has 0 aliphatic heterocycles. The summed E-state index contributed by atoms with van der Waals surface area (Å²) in [5.41, 5.74) is 7.90. The summed E-state index contributed by atoms with van der Waals surface area (Å²) >= 11 is 0. The molecule has 0 aromatic carbocycles. The van der Waals surface area contributed by atoms with E-state index in [1.54, 1.807) is 0 Å². The minimum atomic E-state index is -0.125. The molecule has 0 aliphatic rings. The summed E-state index contributed by atoms with van der Waals surface area (Å²) in [6.07, 6.45) is 0. The molecule has 0 aromatic heterocycles. The van der Waals surface area contributed by atoms with Crippen molar-refractivity contribution >= 4 is 0 Å². The third-order valence-corrected chi connectivity index (χ3v) is 0.970. The van der Waals surface area contributed by atoms with Crippen LogP contribution in [0.15, 0.2) is 5.11 Å². The number of hydrogen-bond donors (Lipinski definition) is 0. The van der Waals surface area contributed by atoms with Gasteiger partial charge in [-0.2, -0.15) is 0 Å². The summed E-state index contributed by atoms with van der Waals surface area (Å²) in [6, 6.07) is -0.125. The maximum absolute atomic E-state index is 7.90. The third kappa shape index (κ3) is 2.48. The third-order valence-electron chi connectivity index (χ3n) is 0.970. The van der Waals surface area contributed by atoms with Crippen molar-refractivity contribution in [3.8, 4) is 0 Å². The average Bonchev–Trinajstić information content (AvgIpc) is 1.67. The predicted molar refractivity (Wildman–Crippen MR) is 33.1 cm³/mol. The van der Waals surface area contributed by atoms with Gasteiger partial charge in [-0.1, -0.05) is 19.0 Å². The number of rotatable bonds is 2. The normalized spacial score (nSPS) is 13.0. The molecular weight excluding hydrogens is 102 g/mol. The first-order valence-corrected chi connectivity index (χ1v) is 2.55. The van der Waals surface area contributed by atoms with Crippen LogP contribution < -0.4 is 0 Å². The molecule has 0 fully saturated rings. The molecule has 3 nitrogen and oxygen atoms in total. The molecule has 0 aliphatic carbocycles. The minimum absolute atomic E-state index is 0.125. The maximum Gasteiger partial charge on any atom is 0.0397 e. The SMILES string of the molecule is [CH2]C(N=[N+]=[N-])C(C)C. The van der Waals surface area contributed by atoms with E-state index >= 15 is 0 Å². The molecule has 0 rings (SSSR count). The van der Waals surface area contributed by atoms with Crippen LogP contribution in [0.4, 0.5) is 0 Å². The van der Waals surface area contributed by atoms with Crippen molar-refractivity contribution < 1.29 is 0 Å². The van der Waals surface area contributed by atoms with E-state index < -0.39 is 0 Å². The fourth-order valence-corrected chi connectivity index (χ4v) is 0.200. The zero-order chi connectivity index (χ0) is 6.57. The summed E-state index contributed by atoms with van der Waals surface area (Å²) in [5.74, 6) is 0.339. The first-order chi connectivity index (χ1) is 3.68. The summed E-state index contributed by atoms with van der Waals surface area (Å²) < 4.78 is 0. The van der Waals surface area contributed by atoms with Crippen LogP contribution in [0.3, 0.4) is 0 Å². The number of azide groups is 1. The van der Waals surface area contributed by atoms with Crippen molar-refractivity contribution in [3.63, 3.8) is 0 Å². The Balaban J connectivity index is 3.63. The van der Waals surface area contributed by atoms with Gasteiger partial charge in [0.1, 0.15) is 0 Å². The molecule has 0 amide bonds. The van der Waals surface area contributed by atoms with Gasteiger partial charge in [0.05, 0.1) is 0 Å². The fourth-order valence-electron chi connectivity index (χ4n) is 0.200. The van der Waals surface area contributed by atoms with Crippen LogP contribution in [0, 0.1) is 12.8 Å². The lowest BCUT2D eigenvalue weighted by molar-refractivity contribution is 0.566. The maximum atomic E-state index is 7.90. The van der Waals surface area contributed by atoms with Gasteiger partial charge >= 0.3 is 0 Å². The van der Waals surface area contributed by atoms with Crippen LogP contribution in [0.1, 0.15) is 13.8 Å². The van der Waals surface area contributed by atoms with E-state index in [2.05, 4.69) is 16.9 Å². The van der Waals surface area contributed by atoms with Gasteiger partial charge in [-0.3, -0.25) is 0 Å². The molecule has 0 aromatic rings. The van der Waals surface area contributed by atoms with Crippen LogP contribution in [0.5, 0.6) is 0 Å². The molecule has 3 heteroatoms. The van der Waals surface area contributed by atoms with Gasteiger partial charge < -0.3 is 0 Å². The van der Waals surface area contributed by atoms with Crippen LogP contribution >= 0.6 is 0 Å². The fraction of sp³-hybridized carbons (Fsp3) is 0.800. The Labute approximate surface area is 49.3 Å². The van der Waals surface area contributed by atoms with Crippen LogP contribution in [-0.4, -0.2) is 6.04 Å². The number of nitrogens with zero attached hydrogens (tertiary/aromatic N) is 3. The van der Waals surface area contributed by atoms with E-state index in [-0.39, 0.29) is 6.04 Å². The second-order valence-corrected chi connectivity index (χ2v) is 2.02. The first kappa shape index (κ1) is 7.31. The molecule has 45 valence electrons. The lowest BCUT2D eigenvalue weighted by Gasteiger charge is -2.05. The van der Waals surface area contributed by atoms with Crippen molar-refractivity contribution in [1.29, 1.82) is 0 Å². The van der Waals surface area contributed by atoms with E-state index in [9.17, 15) is 0 Å². The molecule has 0 spiro atoms. The van der Waals surface area contributed by atoms with Crippen molar-refractivity contribution in [2.24, 2.45) is 11.0 Å². The Bertz CT molecular complexity index is 102. The quantitative estimate of drug-likeness (QED) is 0.298. The van der Waals surface area contributed by atoms with Gasteiger partial charge in [0.25, 0.3) is 0 Å². The number of hydrogen-bond acceptors (Lipinski definition) is 1. The summed E-state index contributed by atoms with van der Waals surface area (Å²) in [5, 5.41) is 3.39. The largest absolute Gasteiger partial charge is 0.0904 e. The van der Waals surface area contributed by atoms with Gasteiger partial charge in [-0.25, -0.2) is 0 Å². The zero-order valence-electron chi connectivity index (χ0n) is 5.20. The zero-order valence-corrected chi connectivity index (χ0v) is 5.20. The van der Waals surface area contributed by atoms with Gasteiger partial charge in [0, 0.05) is 11.0 Å². The Kier molecular flexibility index (Phi) is 3.04. The first-order valence-electron chi connectivity index (χ1n) is 2.55. The average molecular weight is 112 g/mol. The van der Waals surface area contributed by atoms with Gasteiger partial charge in [-0.05, 0) is 18.4 Å². The lowest BCUT2D eigenvalue weighted by Crippen LogP contribution is -2.05. The molecule has 8 heavy (non-hydrogen) atoms. The van der Waals surface area contributed by atoms with Gasteiger partial charge in [0.15, 0.2) is 0 Å². The van der Waals surface area contributed by atoms with Crippen molar-refractivity contribution in [3.05, 3.63) is 17.4 Å². The van der Waals surface area contributed by atoms with E-state index in [1.807, 2.05) is 13.8 Å². The molecule has 0 heterocycles. The molecule has 0 saturated carbocycles. The van der Waals surface area contributed by atoms with Crippen LogP contribution in [0.2, 0.25) is 0 Å². The van der Waals surface area contributed by atoms with E-state index in [0.717, 1.165) is 0 Å². The molecule has 1 unspecified atom stereocenters. The Morgan fingerprint density at radius 3 is 2.25 bits per heavy atom. The Morgan fingerprint density at radius 1 is 1.62 bits per heavy atom. The van der Waals surface area contributed by atoms with Crippen molar-refractivity contribution in [2.45, 2.75) is 19.9 Å². The predicted octanol–water partition coefficient (Wildman–Crippen LogP) is 2.16. The Morgan fingerprint density at radius 2 is 2.12 bits per heavy atom. The molecule has 0 bridgehead atoms. The van der Waals surface area contributed by atoms with E-state index in [4.69, 9.17) is 5.53 Å². The van der Waals surface area contributed by atoms with E-state index in [0.29, 0.717) is 5.92 Å². The highest BCUT2D eigenvalue weighted by Crippen LogP contribution is 2.03. The highest BCUT2D eigenvalue weighted by molar-refractivity contribution is 4.71. The summed E-state index contributed by atoms with van der Waals surface area (Å²) in [7, 11) is 0. The minimum Gasteiger partial charge on any atom is -0.0904 e. The van der Waals surface area contributed by atoms with Crippen molar-refractivity contribution in [1.82, 2.24) is 0 Å². The standard InChI is InChI=1S/C5H10N3/c1-4(2)5(3)7-8-6/h4-5H,3H2,1-2H3. The highest BCUT2D eigenvalue weighted by atomic mass is 15.1. The van der Waals surface area contributed by atoms with E-state index in [1.165, 1.54) is 0 Å². The smallest absolute Gasteiger partial charge is 0.0397 e. The molecule has 0 saturated heterocycles. The highest BCUT2D eigenvalue weighted by Gasteiger charge is 2.01.